The molecule has 29 heavy (non-hydrogen) atoms. The van der Waals surface area contributed by atoms with E-state index in [0.717, 1.165) is 70.5 Å². The van der Waals surface area contributed by atoms with Gasteiger partial charge in [0, 0.05) is 43.3 Å². The highest BCUT2D eigenvalue weighted by atomic mass is 16.2. The molecule has 3 aliphatic heterocycles. The molecular formula is C22H30N4O3. The molecule has 0 spiro atoms. The fourth-order valence-electron chi connectivity index (χ4n) is 4.61. The Morgan fingerprint density at radius 1 is 1.00 bits per heavy atom. The SMILES string of the molecule is O=C(CN1CCC(C(=O)N2CCCC2)CC1)Nc1cccc(N2CCCC2=O)c1. The van der Waals surface area contributed by atoms with Gasteiger partial charge in [-0.1, -0.05) is 6.07 Å². The molecule has 1 N–H and O–H groups in total. The van der Waals surface area contributed by atoms with Gasteiger partial charge in [0.1, 0.15) is 0 Å². The number of benzene rings is 1. The van der Waals surface area contributed by atoms with Crippen LogP contribution in [0.3, 0.4) is 0 Å². The second kappa shape index (κ2) is 8.95. The highest BCUT2D eigenvalue weighted by molar-refractivity contribution is 5.97. The van der Waals surface area contributed by atoms with Crippen molar-refractivity contribution in [2.24, 2.45) is 5.92 Å². The molecule has 4 rings (SSSR count). The van der Waals surface area contributed by atoms with Crippen LogP contribution in [-0.4, -0.2) is 66.8 Å². The van der Waals surface area contributed by atoms with Crippen LogP contribution in [0.2, 0.25) is 0 Å². The topological polar surface area (TPSA) is 73.0 Å². The van der Waals surface area contributed by atoms with Crippen LogP contribution in [0.1, 0.15) is 38.5 Å². The van der Waals surface area contributed by atoms with E-state index in [4.69, 9.17) is 0 Å². The van der Waals surface area contributed by atoms with Crippen molar-refractivity contribution in [2.75, 3.05) is 49.5 Å². The van der Waals surface area contributed by atoms with E-state index in [1.807, 2.05) is 29.2 Å². The Kier molecular flexibility index (Phi) is 6.13. The van der Waals surface area contributed by atoms with Crippen molar-refractivity contribution in [3.63, 3.8) is 0 Å². The van der Waals surface area contributed by atoms with Crippen molar-refractivity contribution >= 4 is 29.1 Å². The van der Waals surface area contributed by atoms with Gasteiger partial charge >= 0.3 is 0 Å². The van der Waals surface area contributed by atoms with Crippen molar-refractivity contribution in [3.8, 4) is 0 Å². The van der Waals surface area contributed by atoms with Gasteiger partial charge in [0.2, 0.25) is 17.7 Å². The number of carbonyl (C=O) groups excluding carboxylic acids is 3. The first-order valence-electron chi connectivity index (χ1n) is 10.8. The van der Waals surface area contributed by atoms with Gasteiger partial charge in [-0.05, 0) is 63.4 Å². The summed E-state index contributed by atoms with van der Waals surface area (Å²) in [5.74, 6) is 0.501. The summed E-state index contributed by atoms with van der Waals surface area (Å²) in [6.45, 7) is 4.44. The average Bonchev–Trinajstić information content (AvgIpc) is 3.40. The molecule has 1 aromatic rings. The summed E-state index contributed by atoms with van der Waals surface area (Å²) in [7, 11) is 0. The molecule has 3 heterocycles. The maximum atomic E-state index is 12.5. The van der Waals surface area contributed by atoms with Crippen LogP contribution in [0.5, 0.6) is 0 Å². The minimum Gasteiger partial charge on any atom is -0.342 e. The summed E-state index contributed by atoms with van der Waals surface area (Å²) in [6.07, 6.45) is 5.37. The number of carbonyl (C=O) groups is 3. The predicted octanol–water partition coefficient (Wildman–Crippen LogP) is 2.09. The predicted molar refractivity (Wildman–Crippen MR) is 112 cm³/mol. The van der Waals surface area contributed by atoms with E-state index in [0.29, 0.717) is 24.6 Å². The summed E-state index contributed by atoms with van der Waals surface area (Å²) in [4.78, 5) is 42.9. The summed E-state index contributed by atoms with van der Waals surface area (Å²) in [5.41, 5.74) is 1.55. The Morgan fingerprint density at radius 2 is 1.76 bits per heavy atom. The number of piperidine rings is 1. The largest absolute Gasteiger partial charge is 0.342 e. The quantitative estimate of drug-likeness (QED) is 0.824. The molecular weight excluding hydrogens is 368 g/mol. The summed E-state index contributed by atoms with van der Waals surface area (Å²) in [6, 6.07) is 7.48. The third-order valence-corrected chi connectivity index (χ3v) is 6.24. The molecule has 0 bridgehead atoms. The first kappa shape index (κ1) is 19.9. The normalized spacial score (nSPS) is 21.0. The van der Waals surface area contributed by atoms with Gasteiger partial charge in [-0.25, -0.2) is 0 Å². The fourth-order valence-corrected chi connectivity index (χ4v) is 4.61. The number of rotatable bonds is 5. The Balaban J connectivity index is 1.25. The summed E-state index contributed by atoms with van der Waals surface area (Å²) in [5, 5.41) is 2.95. The Bertz CT molecular complexity index is 767. The number of hydrogen-bond donors (Lipinski definition) is 1. The molecule has 3 aliphatic rings. The third-order valence-electron chi connectivity index (χ3n) is 6.24. The second-order valence-electron chi connectivity index (χ2n) is 8.33. The van der Waals surface area contributed by atoms with Gasteiger partial charge in [-0.15, -0.1) is 0 Å². The van der Waals surface area contributed by atoms with Gasteiger partial charge in [-0.2, -0.15) is 0 Å². The number of nitrogens with zero attached hydrogens (tertiary/aromatic N) is 3. The van der Waals surface area contributed by atoms with Gasteiger partial charge in [0.25, 0.3) is 0 Å². The molecule has 7 nitrogen and oxygen atoms in total. The molecule has 1 aromatic carbocycles. The van der Waals surface area contributed by atoms with E-state index >= 15 is 0 Å². The molecule has 3 amide bonds. The van der Waals surface area contributed by atoms with Crippen LogP contribution in [-0.2, 0) is 14.4 Å². The van der Waals surface area contributed by atoms with E-state index in [2.05, 4.69) is 10.2 Å². The number of nitrogens with one attached hydrogen (secondary N) is 1. The van der Waals surface area contributed by atoms with Gasteiger partial charge in [0.05, 0.1) is 6.54 Å². The molecule has 0 aliphatic carbocycles. The Labute approximate surface area is 172 Å². The second-order valence-corrected chi connectivity index (χ2v) is 8.33. The van der Waals surface area contributed by atoms with Gasteiger partial charge < -0.3 is 15.1 Å². The van der Waals surface area contributed by atoms with E-state index in [1.165, 1.54) is 0 Å². The lowest BCUT2D eigenvalue weighted by Gasteiger charge is -2.32. The maximum absolute atomic E-state index is 12.5. The summed E-state index contributed by atoms with van der Waals surface area (Å²) < 4.78 is 0. The zero-order valence-corrected chi connectivity index (χ0v) is 16.9. The number of amides is 3. The smallest absolute Gasteiger partial charge is 0.238 e. The fraction of sp³-hybridized carbons (Fsp3) is 0.591. The molecule has 0 aromatic heterocycles. The molecule has 3 fully saturated rings. The monoisotopic (exact) mass is 398 g/mol. The van der Waals surface area contributed by atoms with Crippen molar-refractivity contribution in [2.45, 2.75) is 38.5 Å². The Hall–Kier alpha value is -2.41. The van der Waals surface area contributed by atoms with E-state index in [9.17, 15) is 14.4 Å². The standard InChI is InChI=1S/C22H30N4O3/c27-20(23-18-5-3-6-19(15-18)26-12-4-7-21(26)28)16-24-13-8-17(9-14-24)22(29)25-10-1-2-11-25/h3,5-6,15,17H,1-2,4,7-14,16H2,(H,23,27). The molecule has 0 saturated carbocycles. The van der Waals surface area contributed by atoms with Gasteiger partial charge in [0.15, 0.2) is 0 Å². The van der Waals surface area contributed by atoms with Gasteiger partial charge in [-0.3, -0.25) is 19.3 Å². The molecule has 0 atom stereocenters. The van der Waals surface area contributed by atoms with Crippen LogP contribution < -0.4 is 10.2 Å². The van der Waals surface area contributed by atoms with E-state index in [1.54, 1.807) is 4.90 Å². The molecule has 0 unspecified atom stereocenters. The first-order chi connectivity index (χ1) is 14.1. The number of hydrogen-bond acceptors (Lipinski definition) is 4. The van der Waals surface area contributed by atoms with Crippen LogP contribution in [0.15, 0.2) is 24.3 Å². The number of likely N-dealkylation sites (tertiary alicyclic amines) is 2. The van der Waals surface area contributed by atoms with Crippen molar-refractivity contribution in [1.82, 2.24) is 9.80 Å². The zero-order valence-electron chi connectivity index (χ0n) is 16.9. The van der Waals surface area contributed by atoms with E-state index in [-0.39, 0.29) is 17.7 Å². The minimum atomic E-state index is -0.0563. The van der Waals surface area contributed by atoms with Crippen LogP contribution in [0.4, 0.5) is 11.4 Å². The minimum absolute atomic E-state index is 0.0563. The first-order valence-corrected chi connectivity index (χ1v) is 10.8. The lowest BCUT2D eigenvalue weighted by atomic mass is 9.95. The van der Waals surface area contributed by atoms with Crippen molar-refractivity contribution < 1.29 is 14.4 Å². The van der Waals surface area contributed by atoms with Crippen molar-refractivity contribution in [3.05, 3.63) is 24.3 Å². The Morgan fingerprint density at radius 3 is 2.45 bits per heavy atom. The molecule has 156 valence electrons. The average molecular weight is 399 g/mol. The molecule has 3 saturated heterocycles. The van der Waals surface area contributed by atoms with Crippen LogP contribution in [0, 0.1) is 5.92 Å². The molecule has 7 heteroatoms. The zero-order chi connectivity index (χ0) is 20.2. The maximum Gasteiger partial charge on any atom is 0.238 e. The highest BCUT2D eigenvalue weighted by Crippen LogP contribution is 2.25. The lowest BCUT2D eigenvalue weighted by molar-refractivity contribution is -0.136. The lowest BCUT2D eigenvalue weighted by Crippen LogP contribution is -2.43. The third kappa shape index (κ3) is 4.78. The summed E-state index contributed by atoms with van der Waals surface area (Å²) >= 11 is 0. The van der Waals surface area contributed by atoms with E-state index < -0.39 is 0 Å². The van der Waals surface area contributed by atoms with Crippen molar-refractivity contribution in [1.29, 1.82) is 0 Å². The highest BCUT2D eigenvalue weighted by Gasteiger charge is 2.30. The van der Waals surface area contributed by atoms with Crippen LogP contribution >= 0.6 is 0 Å². The molecule has 0 radical (unpaired) electrons. The number of anilines is 2. The van der Waals surface area contributed by atoms with Crippen LogP contribution in [0.25, 0.3) is 0 Å².